The molecule has 25 heavy (non-hydrogen) atoms. The molecule has 3 amide bonds. The average molecular weight is 349 g/mol. The number of methoxy groups -OCH3 is 1. The maximum Gasteiger partial charge on any atom is 0.409 e. The Hall–Kier alpha value is -2.44. The molecule has 1 saturated heterocycles. The zero-order valence-corrected chi connectivity index (χ0v) is 15.2. The largest absolute Gasteiger partial charge is 0.495 e. The molecule has 1 N–H and O–H groups in total. The predicted molar refractivity (Wildman–Crippen MR) is 96.0 cm³/mol. The second kappa shape index (κ2) is 9.15. The van der Waals surface area contributed by atoms with Crippen LogP contribution in [0, 0.1) is 5.92 Å². The van der Waals surface area contributed by atoms with Gasteiger partial charge in [0.1, 0.15) is 5.75 Å². The Morgan fingerprint density at radius 1 is 1.12 bits per heavy atom. The molecule has 0 spiro atoms. The van der Waals surface area contributed by atoms with Gasteiger partial charge >= 0.3 is 12.1 Å². The van der Waals surface area contributed by atoms with Crippen molar-refractivity contribution < 1.29 is 19.1 Å². The van der Waals surface area contributed by atoms with E-state index >= 15 is 0 Å². The van der Waals surface area contributed by atoms with Crippen LogP contribution in [-0.4, -0.2) is 61.8 Å². The molecule has 0 aliphatic carbocycles. The van der Waals surface area contributed by atoms with Gasteiger partial charge < -0.3 is 24.6 Å². The number of carbonyl (C=O) groups is 2. The molecule has 0 saturated carbocycles. The van der Waals surface area contributed by atoms with Gasteiger partial charge in [-0.2, -0.15) is 0 Å². The first-order valence-electron chi connectivity index (χ1n) is 8.62. The lowest BCUT2D eigenvalue weighted by Crippen LogP contribution is -2.39. The summed E-state index contributed by atoms with van der Waals surface area (Å²) < 4.78 is 10.5. The van der Waals surface area contributed by atoms with E-state index < -0.39 is 0 Å². The molecule has 1 aliphatic heterocycles. The molecular weight excluding hydrogens is 322 g/mol. The second-order valence-corrected chi connectivity index (χ2v) is 6.43. The maximum absolute atomic E-state index is 12.5. The van der Waals surface area contributed by atoms with E-state index in [0.29, 0.717) is 50.1 Å². The molecule has 7 nitrogen and oxygen atoms in total. The summed E-state index contributed by atoms with van der Waals surface area (Å²) in [6, 6.07) is 7.09. The zero-order valence-electron chi connectivity index (χ0n) is 15.2. The molecule has 1 aromatic rings. The van der Waals surface area contributed by atoms with Crippen molar-refractivity contribution in [3.8, 4) is 5.75 Å². The Labute approximate surface area is 148 Å². The Kier molecular flexibility index (Phi) is 6.91. The Bertz CT molecular complexity index is 591. The topological polar surface area (TPSA) is 71.1 Å². The molecule has 7 heteroatoms. The Morgan fingerprint density at radius 2 is 1.80 bits per heavy atom. The third-order valence-electron chi connectivity index (χ3n) is 3.93. The highest BCUT2D eigenvalue weighted by molar-refractivity contribution is 5.91. The molecule has 1 fully saturated rings. The first kappa shape index (κ1) is 18.9. The van der Waals surface area contributed by atoms with E-state index in [1.165, 1.54) is 0 Å². The van der Waals surface area contributed by atoms with Crippen molar-refractivity contribution in [2.45, 2.75) is 20.3 Å². The zero-order chi connectivity index (χ0) is 18.2. The standard InChI is InChI=1S/C18H27N3O4/c1-14(2)13-25-18(23)21-10-6-9-20(11-12-21)17(22)19-15-7-4-5-8-16(15)24-3/h4-5,7-8,14H,6,9-13H2,1-3H3,(H,19,22). The molecule has 0 bridgehead atoms. The summed E-state index contributed by atoms with van der Waals surface area (Å²) in [4.78, 5) is 28.0. The maximum atomic E-state index is 12.5. The predicted octanol–water partition coefficient (Wildman–Crippen LogP) is 3.03. The summed E-state index contributed by atoms with van der Waals surface area (Å²) in [5.74, 6) is 0.920. The summed E-state index contributed by atoms with van der Waals surface area (Å²) in [7, 11) is 1.57. The van der Waals surface area contributed by atoms with Crippen LogP contribution in [0.25, 0.3) is 0 Å². The summed E-state index contributed by atoms with van der Waals surface area (Å²) >= 11 is 0. The summed E-state index contributed by atoms with van der Waals surface area (Å²) in [6.45, 7) is 6.53. The lowest BCUT2D eigenvalue weighted by atomic mass is 10.2. The van der Waals surface area contributed by atoms with Gasteiger partial charge in [-0.25, -0.2) is 9.59 Å². The highest BCUT2D eigenvalue weighted by atomic mass is 16.6. The molecule has 0 aromatic heterocycles. The van der Waals surface area contributed by atoms with Crippen LogP contribution in [0.5, 0.6) is 5.75 Å². The summed E-state index contributed by atoms with van der Waals surface area (Å²) in [6.07, 6.45) is 0.413. The fraction of sp³-hybridized carbons (Fsp3) is 0.556. The quantitative estimate of drug-likeness (QED) is 0.907. The van der Waals surface area contributed by atoms with E-state index in [1.54, 1.807) is 29.0 Å². The van der Waals surface area contributed by atoms with Gasteiger partial charge in [0.05, 0.1) is 19.4 Å². The number of carbonyl (C=O) groups excluding carboxylic acids is 2. The van der Waals surface area contributed by atoms with Gasteiger partial charge in [0.2, 0.25) is 0 Å². The van der Waals surface area contributed by atoms with Crippen LogP contribution in [0.1, 0.15) is 20.3 Å². The highest BCUT2D eigenvalue weighted by Gasteiger charge is 2.23. The number of amides is 3. The van der Waals surface area contributed by atoms with Crippen molar-refractivity contribution in [2.24, 2.45) is 5.92 Å². The van der Waals surface area contributed by atoms with Crippen LogP contribution < -0.4 is 10.1 Å². The molecule has 1 aliphatic rings. The monoisotopic (exact) mass is 349 g/mol. The summed E-state index contributed by atoms with van der Waals surface area (Å²) in [5, 5.41) is 2.87. The van der Waals surface area contributed by atoms with Gasteiger partial charge in [-0.1, -0.05) is 26.0 Å². The van der Waals surface area contributed by atoms with E-state index in [0.717, 1.165) is 6.42 Å². The first-order valence-corrected chi connectivity index (χ1v) is 8.62. The Balaban J connectivity index is 1.89. The number of benzene rings is 1. The number of hydrogen-bond donors (Lipinski definition) is 1. The number of hydrogen-bond acceptors (Lipinski definition) is 4. The van der Waals surface area contributed by atoms with Crippen LogP contribution in [0.15, 0.2) is 24.3 Å². The van der Waals surface area contributed by atoms with Crippen molar-refractivity contribution >= 4 is 17.8 Å². The van der Waals surface area contributed by atoms with Crippen molar-refractivity contribution in [2.75, 3.05) is 45.2 Å². The van der Waals surface area contributed by atoms with Crippen LogP contribution >= 0.6 is 0 Å². The third-order valence-corrected chi connectivity index (χ3v) is 3.93. The SMILES string of the molecule is COc1ccccc1NC(=O)N1CCCN(C(=O)OCC(C)C)CC1. The van der Waals surface area contributed by atoms with E-state index in [9.17, 15) is 9.59 Å². The molecule has 0 atom stereocenters. The van der Waals surface area contributed by atoms with Crippen molar-refractivity contribution in [3.05, 3.63) is 24.3 Å². The normalized spacial score (nSPS) is 14.9. The molecule has 138 valence electrons. The average Bonchev–Trinajstić information content (AvgIpc) is 2.86. The number of anilines is 1. The van der Waals surface area contributed by atoms with Crippen LogP contribution in [-0.2, 0) is 4.74 Å². The molecule has 0 unspecified atom stereocenters. The number of ether oxygens (including phenoxy) is 2. The Morgan fingerprint density at radius 3 is 2.52 bits per heavy atom. The number of nitrogens with one attached hydrogen (secondary N) is 1. The third kappa shape index (κ3) is 5.55. The number of rotatable bonds is 4. The molecular formula is C18H27N3O4. The van der Waals surface area contributed by atoms with Crippen molar-refractivity contribution in [3.63, 3.8) is 0 Å². The van der Waals surface area contributed by atoms with Gasteiger partial charge in [0.25, 0.3) is 0 Å². The van der Waals surface area contributed by atoms with E-state index in [1.807, 2.05) is 26.0 Å². The molecule has 1 aromatic carbocycles. The highest BCUT2D eigenvalue weighted by Crippen LogP contribution is 2.23. The number of para-hydroxylation sites is 2. The van der Waals surface area contributed by atoms with Crippen LogP contribution in [0.3, 0.4) is 0 Å². The van der Waals surface area contributed by atoms with Crippen LogP contribution in [0.2, 0.25) is 0 Å². The van der Waals surface area contributed by atoms with E-state index in [2.05, 4.69) is 5.32 Å². The van der Waals surface area contributed by atoms with Gasteiger partial charge in [-0.15, -0.1) is 0 Å². The van der Waals surface area contributed by atoms with Crippen molar-refractivity contribution in [1.29, 1.82) is 0 Å². The van der Waals surface area contributed by atoms with Crippen LogP contribution in [0.4, 0.5) is 15.3 Å². The lowest BCUT2D eigenvalue weighted by Gasteiger charge is -2.23. The fourth-order valence-electron chi connectivity index (χ4n) is 2.57. The molecule has 2 rings (SSSR count). The lowest BCUT2D eigenvalue weighted by molar-refractivity contribution is 0.0934. The number of nitrogens with zero attached hydrogens (tertiary/aromatic N) is 2. The van der Waals surface area contributed by atoms with E-state index in [4.69, 9.17) is 9.47 Å². The first-order chi connectivity index (χ1) is 12.0. The smallest absolute Gasteiger partial charge is 0.409 e. The number of urea groups is 1. The molecule has 1 heterocycles. The van der Waals surface area contributed by atoms with Gasteiger partial charge in [-0.3, -0.25) is 0 Å². The minimum Gasteiger partial charge on any atom is -0.495 e. The molecule has 0 radical (unpaired) electrons. The minimum absolute atomic E-state index is 0.193. The fourth-order valence-corrected chi connectivity index (χ4v) is 2.57. The van der Waals surface area contributed by atoms with Gasteiger partial charge in [0.15, 0.2) is 0 Å². The van der Waals surface area contributed by atoms with Gasteiger partial charge in [0, 0.05) is 26.2 Å². The minimum atomic E-state index is -0.305. The van der Waals surface area contributed by atoms with Gasteiger partial charge in [-0.05, 0) is 24.5 Å². The van der Waals surface area contributed by atoms with E-state index in [-0.39, 0.29) is 12.1 Å². The van der Waals surface area contributed by atoms with Crippen molar-refractivity contribution in [1.82, 2.24) is 9.80 Å². The second-order valence-electron chi connectivity index (χ2n) is 6.43. The summed E-state index contributed by atoms with van der Waals surface area (Å²) in [5.41, 5.74) is 0.632.